The molecule has 0 saturated carbocycles. The normalized spacial score (nSPS) is 13.2. The smallest absolute Gasteiger partial charge is 0.416 e. The number of rotatable bonds is 24. The van der Waals surface area contributed by atoms with E-state index in [1.807, 2.05) is 13.8 Å². The Morgan fingerprint density at radius 3 is 0.980 bits per heavy atom. The third kappa shape index (κ3) is 38.7. The summed E-state index contributed by atoms with van der Waals surface area (Å²) < 4.78 is 307. The molecule has 0 aliphatic rings. The average molecular weight is 1520 g/mol. The molecule has 39 heteroatoms. The molecule has 0 spiro atoms. The van der Waals surface area contributed by atoms with E-state index >= 15 is 0 Å². The molecule has 0 fully saturated rings. The minimum absolute atomic E-state index is 0. The van der Waals surface area contributed by atoms with E-state index in [1.165, 1.54) is 19.3 Å². The molecule has 0 saturated heterocycles. The van der Waals surface area contributed by atoms with Crippen molar-refractivity contribution >= 4 is 24.2 Å². The van der Waals surface area contributed by atoms with E-state index in [0.717, 1.165) is 38.1 Å². The molecule has 4 aromatic rings. The number of unbranched alkanes of at least 4 members (excludes halogenated alkanes) is 2. The monoisotopic (exact) mass is 1510 g/mol. The van der Waals surface area contributed by atoms with Crippen molar-refractivity contribution in [3.63, 3.8) is 0 Å². The zero-order chi connectivity index (χ0) is 75.3. The third-order valence-corrected chi connectivity index (χ3v) is 13.1. The van der Waals surface area contributed by atoms with Gasteiger partial charge in [0.1, 0.15) is 11.8 Å². The SMILES string of the molecule is CCCC[C@H](C)CN.CCCC[C@H](C)CNC(=O)c1cc(C(F)(F)F)cc(C(F)(F)F)c1.NCCC[C@H](N)CNC(=O)c1cc(C(F)(F)F)cc(C(F)(F)F)c1.O=COc1cc(C(F)(F)F)cc(C(F)(F)F)c1.[Cl-].[Cl-].[NH3+]CCC[C@H]([NH3+])CNC(=O)c1cc(C(F)(F)F)cc(C(F)(F)F)c1. The predicted molar refractivity (Wildman–Crippen MR) is 306 cm³/mol. The highest BCUT2D eigenvalue weighted by Gasteiger charge is 2.41. The largest absolute Gasteiger partial charge is 1.00 e. The number of carbonyl (C=O) groups excluding carboxylic acids is 4. The Morgan fingerprint density at radius 1 is 0.434 bits per heavy atom. The van der Waals surface area contributed by atoms with Gasteiger partial charge in [0.2, 0.25) is 0 Å². The summed E-state index contributed by atoms with van der Waals surface area (Å²) in [7, 11) is 0. The predicted octanol–water partition coefficient (Wildman–Crippen LogP) is 7.93. The van der Waals surface area contributed by atoms with Crippen LogP contribution in [0.4, 0.5) is 105 Å². The van der Waals surface area contributed by atoms with Crippen molar-refractivity contribution in [1.29, 1.82) is 0 Å². The second-order valence-electron chi connectivity index (χ2n) is 21.8. The molecule has 15 N–H and O–H groups in total. The highest BCUT2D eigenvalue weighted by Crippen LogP contribution is 2.41. The number of alkyl halides is 24. The van der Waals surface area contributed by atoms with Crippen LogP contribution in [0, 0.1) is 11.8 Å². The molecule has 0 aliphatic heterocycles. The molecule has 13 nitrogen and oxygen atoms in total. The van der Waals surface area contributed by atoms with E-state index in [0.29, 0.717) is 80.9 Å². The number of nitrogens with one attached hydrogen (secondary N) is 3. The van der Waals surface area contributed by atoms with Gasteiger partial charge in [0.25, 0.3) is 24.2 Å². The van der Waals surface area contributed by atoms with Gasteiger partial charge in [-0.2, -0.15) is 105 Å². The number of hydrogen-bond donors (Lipinski definition) is 8. The standard InChI is InChI=1S/C16H19F6NO.2C14H17F6N3O.C9H4F6O2.C7H17N.2ClH/c1-3-4-5-10(2)9-23-14(24)11-6-12(15(17,18)19)8-13(7-11)16(20,21)22;2*15-13(16,17)9-4-8(5-10(6-9)14(18,19)20)12(24)23-7-11(22)2-1-3-21;10-8(11,12)5-1-6(9(13,14)15)3-7(2-5)17-4-16;1-3-4-5-7(2)6-8;;/h6-8,10H,3-5,9H2,1-2H3,(H,23,24);2*4-6,11H,1-3,7,21-22H2,(H,23,24);1-4H;7H,3-6,8H2,1-2H3;2*1H/t10-;2*11-;;7-;;/m000.0../s1. The fraction of sp³-hybridized carbons (Fsp3) is 0.533. The maximum Gasteiger partial charge on any atom is 0.416 e. The molecule has 4 atom stereocenters. The Morgan fingerprint density at radius 2 is 0.717 bits per heavy atom. The summed E-state index contributed by atoms with van der Waals surface area (Å²) in [5, 5.41) is 6.93. The van der Waals surface area contributed by atoms with E-state index in [4.69, 9.17) is 17.2 Å². The van der Waals surface area contributed by atoms with Crippen LogP contribution in [-0.2, 0) is 54.2 Å². The molecular formula is C60H76Cl2F24N8O5. The fourth-order valence-corrected chi connectivity index (χ4v) is 7.68. The van der Waals surface area contributed by atoms with Crippen LogP contribution in [-0.4, -0.2) is 75.5 Å². The lowest BCUT2D eigenvalue weighted by Gasteiger charge is -2.15. The van der Waals surface area contributed by atoms with Crippen molar-refractivity contribution in [2.75, 3.05) is 39.3 Å². The first-order valence-corrected chi connectivity index (χ1v) is 29.2. The molecular weight excluding hydrogens is 1440 g/mol. The van der Waals surface area contributed by atoms with Crippen LogP contribution < -0.4 is 74.2 Å². The molecule has 0 radical (unpaired) electrons. The molecule has 0 unspecified atom stereocenters. The van der Waals surface area contributed by atoms with E-state index in [-0.39, 0.29) is 87.1 Å². The number of hydrogen-bond acceptors (Lipinski definition) is 8. The zero-order valence-electron chi connectivity index (χ0n) is 53.1. The number of carbonyl (C=O) groups is 4. The van der Waals surface area contributed by atoms with Crippen molar-refractivity contribution in [2.45, 2.75) is 153 Å². The van der Waals surface area contributed by atoms with Crippen molar-refractivity contribution in [1.82, 2.24) is 16.0 Å². The van der Waals surface area contributed by atoms with Crippen LogP contribution in [0.3, 0.4) is 0 Å². The number of nitrogens with two attached hydrogens (primary N) is 3. The summed E-state index contributed by atoms with van der Waals surface area (Å²) in [5.74, 6) is -3.02. The lowest BCUT2D eigenvalue weighted by atomic mass is 10.0. The summed E-state index contributed by atoms with van der Waals surface area (Å²) in [6.07, 6.45) is -30.8. The maximum atomic E-state index is 12.8. The van der Waals surface area contributed by atoms with Gasteiger partial charge in [-0.15, -0.1) is 0 Å². The first-order valence-electron chi connectivity index (χ1n) is 29.2. The van der Waals surface area contributed by atoms with Gasteiger partial charge >= 0.3 is 49.4 Å². The number of quaternary nitrogens is 2. The Bertz CT molecular complexity index is 2680. The van der Waals surface area contributed by atoms with Crippen molar-refractivity contribution < 1.29 is 166 Å². The van der Waals surface area contributed by atoms with Gasteiger partial charge in [0, 0.05) is 48.7 Å². The van der Waals surface area contributed by atoms with Gasteiger partial charge in [0.15, 0.2) is 0 Å². The van der Waals surface area contributed by atoms with Crippen molar-refractivity contribution in [2.24, 2.45) is 29.0 Å². The highest BCUT2D eigenvalue weighted by atomic mass is 35.5. The molecule has 3 amide bonds. The number of amides is 3. The van der Waals surface area contributed by atoms with E-state index in [9.17, 15) is 125 Å². The van der Waals surface area contributed by atoms with Crippen LogP contribution in [0.5, 0.6) is 5.75 Å². The van der Waals surface area contributed by atoms with Crippen LogP contribution in [0.1, 0.15) is 167 Å². The minimum atomic E-state index is -5.01. The summed E-state index contributed by atoms with van der Waals surface area (Å²) >= 11 is 0. The second kappa shape index (κ2) is 43.3. The van der Waals surface area contributed by atoms with Crippen LogP contribution in [0.15, 0.2) is 72.8 Å². The van der Waals surface area contributed by atoms with Gasteiger partial charge in [-0.25, -0.2) is 0 Å². The van der Waals surface area contributed by atoms with Gasteiger partial charge in [0.05, 0.1) is 57.6 Å². The maximum absolute atomic E-state index is 12.8. The van der Waals surface area contributed by atoms with Gasteiger partial charge in [-0.1, -0.05) is 53.4 Å². The lowest BCUT2D eigenvalue weighted by Crippen LogP contribution is -3.00. The zero-order valence-corrected chi connectivity index (χ0v) is 54.7. The second-order valence-corrected chi connectivity index (χ2v) is 21.8. The fourth-order valence-electron chi connectivity index (χ4n) is 7.68. The van der Waals surface area contributed by atoms with Gasteiger partial charge in [-0.3, -0.25) is 19.2 Å². The molecule has 99 heavy (non-hydrogen) atoms. The molecule has 0 bridgehead atoms. The topological polar surface area (TPSA) is 247 Å². The van der Waals surface area contributed by atoms with Gasteiger partial charge in [-0.05, 0) is 123 Å². The first-order chi connectivity index (χ1) is 44.3. The first kappa shape index (κ1) is 96.6. The molecule has 0 heterocycles. The summed E-state index contributed by atoms with van der Waals surface area (Å²) in [6, 6.07) is 2.21. The minimum Gasteiger partial charge on any atom is -1.00 e. The van der Waals surface area contributed by atoms with Crippen molar-refractivity contribution in [3.8, 4) is 5.75 Å². The van der Waals surface area contributed by atoms with Crippen LogP contribution in [0.2, 0.25) is 0 Å². The Kier molecular flexibility index (Phi) is 42.3. The Hall–Kier alpha value is -6.54. The number of halogens is 26. The van der Waals surface area contributed by atoms with E-state index < -0.39 is 140 Å². The van der Waals surface area contributed by atoms with Crippen LogP contribution in [0.25, 0.3) is 0 Å². The Labute approximate surface area is 565 Å². The summed E-state index contributed by atoms with van der Waals surface area (Å²) in [5.41, 5.74) is 9.45. The average Bonchev–Trinajstić information content (AvgIpc) is 0.827. The highest BCUT2D eigenvalue weighted by molar-refractivity contribution is 5.95. The molecule has 4 aromatic carbocycles. The summed E-state index contributed by atoms with van der Waals surface area (Å²) in [4.78, 5) is 45.6. The molecule has 0 aromatic heterocycles. The number of ether oxygens (including phenoxy) is 1. The van der Waals surface area contributed by atoms with Crippen LogP contribution >= 0.6 is 0 Å². The molecule has 4 rings (SSSR count). The third-order valence-electron chi connectivity index (χ3n) is 13.1. The Balaban J connectivity index is -0.00000119. The van der Waals surface area contributed by atoms with E-state index in [2.05, 4.69) is 46.0 Å². The van der Waals surface area contributed by atoms with Gasteiger partial charge < -0.3 is 74.2 Å². The molecule has 568 valence electrons. The van der Waals surface area contributed by atoms with Crippen molar-refractivity contribution in [3.05, 3.63) is 134 Å². The molecule has 0 aliphatic carbocycles. The summed E-state index contributed by atoms with van der Waals surface area (Å²) in [6.45, 7) is 10.1. The van der Waals surface area contributed by atoms with E-state index in [1.54, 1.807) is 0 Å². The number of benzene rings is 4. The lowest BCUT2D eigenvalue weighted by molar-refractivity contribution is -0.423. The quantitative estimate of drug-likeness (QED) is 0.0252.